The van der Waals surface area contributed by atoms with Crippen molar-refractivity contribution in [3.8, 4) is 0 Å². The van der Waals surface area contributed by atoms with Crippen LogP contribution in [0.4, 0.5) is 0 Å². The lowest BCUT2D eigenvalue weighted by molar-refractivity contribution is -0.259. The number of hydrogen-bond donors (Lipinski definition) is 6. The predicted molar refractivity (Wildman–Crippen MR) is 138 cm³/mol. The molecule has 0 aromatic rings. The lowest BCUT2D eigenvalue weighted by Crippen LogP contribution is -2.71. The Kier molecular flexibility index (Phi) is 6.03. The molecular weight excluding hydrogens is 456 g/mol. The molecule has 4 saturated carbocycles. The maximum Gasteiger partial charge on any atom is 0.0913 e. The number of allylic oxidation sites excluding steroid dienone is 2. The lowest BCUT2D eigenvalue weighted by Gasteiger charge is -2.72. The minimum absolute atomic E-state index is 0.00861. The van der Waals surface area contributed by atoms with Crippen molar-refractivity contribution >= 4 is 0 Å². The Labute approximate surface area is 216 Å². The highest BCUT2D eigenvalue weighted by molar-refractivity contribution is 5.36. The monoisotopic (exact) mass is 506 g/mol. The molecule has 12 atom stereocenters. The van der Waals surface area contributed by atoms with Crippen molar-refractivity contribution in [1.29, 1.82) is 0 Å². The van der Waals surface area contributed by atoms with Crippen LogP contribution in [0.2, 0.25) is 0 Å². The Hall–Kier alpha value is -0.500. The molecule has 7 unspecified atom stereocenters. The number of hydrogen-bond acceptors (Lipinski definition) is 6. The van der Waals surface area contributed by atoms with E-state index < -0.39 is 40.7 Å². The molecule has 0 spiro atoms. The second-order valence-corrected chi connectivity index (χ2v) is 15.1. The summed E-state index contributed by atoms with van der Waals surface area (Å²) in [7, 11) is 0. The minimum atomic E-state index is -1.19. The number of fused-ring (bicyclic) bond motifs is 7. The average molecular weight is 507 g/mol. The van der Waals surface area contributed by atoms with Gasteiger partial charge < -0.3 is 30.6 Å². The van der Waals surface area contributed by atoms with Crippen LogP contribution in [0, 0.1) is 50.2 Å². The maximum absolute atomic E-state index is 11.8. The number of aliphatic hydroxyl groups excluding tert-OH is 6. The summed E-state index contributed by atoms with van der Waals surface area (Å²) in [5, 5.41) is 66.1. The standard InChI is InChI=1S/C30H50O6/c1-25(2)13-18-17-7-8-20-26(3)11-10-21(33)27(4,15-31)19(26)9-12-28(20,5)29(17,6)14-22(34)30(18,16-32)24(36)23(25)35/h7,18-24,31-36H,8-16H2,1-6H3/t18?,19?,20?,21?,22?,23?,24?,26-,27-,28+,29+,30-/m0/s1. The SMILES string of the molecule is CC1(C)CC2C3=CCC4[C@@]5(C)CCC(O)[C@@](C)(CO)C5CC[C@@]4(C)[C@]3(C)CC(O)[C@@]2(CO)C(O)C1O. The van der Waals surface area contributed by atoms with Crippen LogP contribution in [0.15, 0.2) is 11.6 Å². The summed E-state index contributed by atoms with van der Waals surface area (Å²) >= 11 is 0. The van der Waals surface area contributed by atoms with E-state index in [2.05, 4.69) is 33.8 Å². The van der Waals surface area contributed by atoms with Gasteiger partial charge in [0.1, 0.15) is 0 Å². The first-order chi connectivity index (χ1) is 16.6. The van der Waals surface area contributed by atoms with Crippen molar-refractivity contribution < 1.29 is 30.6 Å². The first-order valence-electron chi connectivity index (χ1n) is 14.2. The van der Waals surface area contributed by atoms with Crippen molar-refractivity contribution in [2.24, 2.45) is 50.2 Å². The summed E-state index contributed by atoms with van der Waals surface area (Å²) in [6.07, 6.45) is 4.21. The highest BCUT2D eigenvalue weighted by Crippen LogP contribution is 2.75. The molecule has 206 valence electrons. The summed E-state index contributed by atoms with van der Waals surface area (Å²) in [5.74, 6) is 0.367. The zero-order valence-electron chi connectivity index (χ0n) is 23.2. The molecule has 0 aliphatic heterocycles. The van der Waals surface area contributed by atoms with Crippen LogP contribution < -0.4 is 0 Å². The molecule has 0 aromatic carbocycles. The summed E-state index contributed by atoms with van der Waals surface area (Å²) in [5.41, 5.74) is -1.40. The van der Waals surface area contributed by atoms with Gasteiger partial charge in [-0.2, -0.15) is 0 Å². The van der Waals surface area contributed by atoms with Crippen LogP contribution >= 0.6 is 0 Å². The van der Waals surface area contributed by atoms with Crippen LogP contribution in [0.3, 0.4) is 0 Å². The zero-order chi connectivity index (χ0) is 26.7. The van der Waals surface area contributed by atoms with Gasteiger partial charge in [0.15, 0.2) is 0 Å². The smallest absolute Gasteiger partial charge is 0.0913 e. The molecule has 0 bridgehead atoms. The normalized spacial score (nSPS) is 58.1. The van der Waals surface area contributed by atoms with Gasteiger partial charge >= 0.3 is 0 Å². The molecule has 4 fully saturated rings. The van der Waals surface area contributed by atoms with E-state index >= 15 is 0 Å². The Morgan fingerprint density at radius 2 is 1.44 bits per heavy atom. The van der Waals surface area contributed by atoms with Crippen molar-refractivity contribution in [2.45, 2.75) is 111 Å². The molecule has 6 nitrogen and oxygen atoms in total. The third-order valence-electron chi connectivity index (χ3n) is 13.5. The quantitative estimate of drug-likeness (QED) is 0.320. The Balaban J connectivity index is 1.63. The minimum Gasteiger partial charge on any atom is -0.396 e. The van der Waals surface area contributed by atoms with Crippen molar-refractivity contribution in [2.75, 3.05) is 13.2 Å². The van der Waals surface area contributed by atoms with E-state index in [-0.39, 0.29) is 41.3 Å². The third kappa shape index (κ3) is 2.95. The van der Waals surface area contributed by atoms with E-state index in [0.29, 0.717) is 25.2 Å². The third-order valence-corrected chi connectivity index (χ3v) is 13.5. The molecule has 6 heteroatoms. The van der Waals surface area contributed by atoms with Gasteiger partial charge in [0, 0.05) is 5.41 Å². The maximum atomic E-state index is 11.8. The molecule has 5 aliphatic rings. The first kappa shape index (κ1) is 27.1. The van der Waals surface area contributed by atoms with Gasteiger partial charge in [0.25, 0.3) is 0 Å². The van der Waals surface area contributed by atoms with Gasteiger partial charge in [-0.3, -0.25) is 0 Å². The summed E-state index contributed by atoms with van der Waals surface area (Å²) in [4.78, 5) is 0. The average Bonchev–Trinajstić information content (AvgIpc) is 2.81. The second-order valence-electron chi connectivity index (χ2n) is 15.1. The summed E-state index contributed by atoms with van der Waals surface area (Å²) in [6, 6.07) is 0. The lowest BCUT2D eigenvalue weighted by atomic mass is 9.33. The molecule has 36 heavy (non-hydrogen) atoms. The van der Waals surface area contributed by atoms with Crippen LogP contribution in [-0.2, 0) is 0 Å². The second kappa shape index (κ2) is 8.02. The molecular formula is C30H50O6. The van der Waals surface area contributed by atoms with E-state index in [1.807, 2.05) is 13.8 Å². The fourth-order valence-corrected chi connectivity index (χ4v) is 10.9. The van der Waals surface area contributed by atoms with E-state index in [0.717, 1.165) is 25.7 Å². The van der Waals surface area contributed by atoms with Gasteiger partial charge in [-0.1, -0.05) is 53.2 Å². The van der Waals surface area contributed by atoms with E-state index in [4.69, 9.17) is 0 Å². The van der Waals surface area contributed by atoms with Crippen LogP contribution in [-0.4, -0.2) is 68.3 Å². The number of rotatable bonds is 2. The van der Waals surface area contributed by atoms with Crippen molar-refractivity contribution in [3.63, 3.8) is 0 Å². The Morgan fingerprint density at radius 1 is 0.778 bits per heavy atom. The first-order valence-corrected chi connectivity index (χ1v) is 14.2. The van der Waals surface area contributed by atoms with Crippen LogP contribution in [0.5, 0.6) is 0 Å². The largest absolute Gasteiger partial charge is 0.396 e. The zero-order valence-corrected chi connectivity index (χ0v) is 23.2. The Bertz CT molecular complexity index is 932. The molecule has 0 heterocycles. The van der Waals surface area contributed by atoms with E-state index in [9.17, 15) is 30.6 Å². The van der Waals surface area contributed by atoms with Crippen molar-refractivity contribution in [3.05, 3.63) is 11.6 Å². The predicted octanol–water partition coefficient (Wildman–Crippen LogP) is 3.03. The number of aliphatic hydroxyl groups is 6. The summed E-state index contributed by atoms with van der Waals surface area (Å²) < 4.78 is 0. The van der Waals surface area contributed by atoms with Gasteiger partial charge in [-0.25, -0.2) is 0 Å². The molecule has 0 saturated heterocycles. The Morgan fingerprint density at radius 3 is 2.06 bits per heavy atom. The van der Waals surface area contributed by atoms with Gasteiger partial charge in [-0.05, 0) is 84.4 Å². The topological polar surface area (TPSA) is 121 Å². The molecule has 0 radical (unpaired) electrons. The summed E-state index contributed by atoms with van der Waals surface area (Å²) in [6.45, 7) is 12.7. The molecule has 0 aromatic heterocycles. The fourth-order valence-electron chi connectivity index (χ4n) is 10.9. The molecule has 5 aliphatic carbocycles. The fraction of sp³-hybridized carbons (Fsp3) is 0.933. The highest BCUT2D eigenvalue weighted by Gasteiger charge is 2.72. The van der Waals surface area contributed by atoms with Crippen LogP contribution in [0.1, 0.15) is 86.5 Å². The molecule has 5 rings (SSSR count). The van der Waals surface area contributed by atoms with Gasteiger partial charge in [-0.15, -0.1) is 0 Å². The van der Waals surface area contributed by atoms with Crippen LogP contribution in [0.25, 0.3) is 0 Å². The van der Waals surface area contributed by atoms with E-state index in [1.165, 1.54) is 5.57 Å². The highest BCUT2D eigenvalue weighted by atomic mass is 16.3. The van der Waals surface area contributed by atoms with Gasteiger partial charge in [0.05, 0.1) is 43.0 Å². The van der Waals surface area contributed by atoms with Crippen molar-refractivity contribution in [1.82, 2.24) is 0 Å². The molecule has 0 amide bonds. The molecule has 6 N–H and O–H groups in total. The van der Waals surface area contributed by atoms with Gasteiger partial charge in [0.2, 0.25) is 0 Å². The van der Waals surface area contributed by atoms with E-state index in [1.54, 1.807) is 0 Å².